The number of para-hydroxylation sites is 2. The zero-order valence-corrected chi connectivity index (χ0v) is 19.3. The summed E-state index contributed by atoms with van der Waals surface area (Å²) < 4.78 is 7.14. The Kier molecular flexibility index (Phi) is 7.87. The van der Waals surface area contributed by atoms with Gasteiger partial charge in [0.15, 0.2) is 17.6 Å². The van der Waals surface area contributed by atoms with Gasteiger partial charge in [0.1, 0.15) is 5.75 Å². The lowest BCUT2D eigenvalue weighted by atomic mass is 10.2. The summed E-state index contributed by atoms with van der Waals surface area (Å²) in [5, 5.41) is 22.0. The molecule has 0 bridgehead atoms. The number of aliphatic carboxylic acids is 1. The lowest BCUT2D eigenvalue weighted by Gasteiger charge is -2.10. The molecule has 0 aliphatic heterocycles. The molecule has 4 rings (SSSR count). The predicted octanol–water partition coefficient (Wildman–Crippen LogP) is 3.64. The number of rotatable bonds is 10. The lowest BCUT2D eigenvalue weighted by molar-refractivity contribution is -0.139. The van der Waals surface area contributed by atoms with Crippen LogP contribution < -0.4 is 10.2 Å². The number of aromatic nitrogens is 3. The molecule has 0 saturated heterocycles. The van der Waals surface area contributed by atoms with E-state index < -0.39 is 12.6 Å². The Balaban J connectivity index is 1.44. The molecule has 1 amide bonds. The zero-order chi connectivity index (χ0) is 24.5. The topological polar surface area (TPSA) is 119 Å². The average molecular weight is 488 g/mol. The van der Waals surface area contributed by atoms with Crippen molar-refractivity contribution in [3.63, 3.8) is 0 Å². The third kappa shape index (κ3) is 6.33. The molecule has 0 atom stereocenters. The zero-order valence-electron chi connectivity index (χ0n) is 18.4. The number of carbonyl (C=O) groups is 2. The number of thioether (sulfide) groups is 1. The van der Waals surface area contributed by atoms with Crippen molar-refractivity contribution in [3.05, 3.63) is 90.5 Å². The molecule has 35 heavy (non-hydrogen) atoms. The highest BCUT2D eigenvalue weighted by atomic mass is 32.2. The molecule has 3 aromatic carbocycles. The molecule has 0 fully saturated rings. The third-order valence-electron chi connectivity index (χ3n) is 4.68. The SMILES string of the molecule is O=C(O)COc1ccccc1/C=N\NC(=O)CSc1nnc(-c2ccccc2)n1-c1ccccc1. The minimum atomic E-state index is -1.08. The van der Waals surface area contributed by atoms with E-state index in [0.717, 1.165) is 11.3 Å². The molecule has 0 saturated carbocycles. The smallest absolute Gasteiger partial charge is 0.341 e. The highest BCUT2D eigenvalue weighted by Crippen LogP contribution is 2.27. The number of amides is 1. The summed E-state index contributed by atoms with van der Waals surface area (Å²) in [7, 11) is 0. The van der Waals surface area contributed by atoms with Gasteiger partial charge < -0.3 is 9.84 Å². The second-order valence-corrected chi connectivity index (χ2v) is 8.09. The van der Waals surface area contributed by atoms with E-state index in [0.29, 0.717) is 22.3 Å². The van der Waals surface area contributed by atoms with Crippen molar-refractivity contribution < 1.29 is 19.4 Å². The fourth-order valence-electron chi connectivity index (χ4n) is 3.14. The fraction of sp³-hybridized carbons (Fsp3) is 0.0800. The van der Waals surface area contributed by atoms with Crippen molar-refractivity contribution >= 4 is 29.9 Å². The number of hydrogen-bond donors (Lipinski definition) is 2. The van der Waals surface area contributed by atoms with Crippen molar-refractivity contribution in [2.75, 3.05) is 12.4 Å². The summed E-state index contributed by atoms with van der Waals surface area (Å²) in [6.07, 6.45) is 1.40. The van der Waals surface area contributed by atoms with E-state index in [2.05, 4.69) is 20.7 Å². The molecule has 9 nitrogen and oxygen atoms in total. The van der Waals surface area contributed by atoms with Gasteiger partial charge in [-0.2, -0.15) is 5.10 Å². The maximum atomic E-state index is 12.4. The molecule has 4 aromatic rings. The summed E-state index contributed by atoms with van der Waals surface area (Å²) in [5.41, 5.74) is 4.81. The third-order valence-corrected chi connectivity index (χ3v) is 5.60. The van der Waals surface area contributed by atoms with Crippen molar-refractivity contribution in [2.24, 2.45) is 5.10 Å². The number of carboxylic acids is 1. The standard InChI is InChI=1S/C25H21N5O4S/c31-22(27-26-15-19-11-7-8-14-21(19)34-16-23(32)33)17-35-25-29-28-24(18-9-3-1-4-10-18)30(25)20-12-5-2-6-13-20/h1-15H,16-17H2,(H,27,31)(H,32,33)/b26-15-. The van der Waals surface area contributed by atoms with E-state index in [-0.39, 0.29) is 11.7 Å². The molecule has 176 valence electrons. The van der Waals surface area contributed by atoms with Crippen molar-refractivity contribution in [3.8, 4) is 22.8 Å². The summed E-state index contributed by atoms with van der Waals surface area (Å²) in [6.45, 7) is -0.471. The molecule has 0 aliphatic carbocycles. The number of carbonyl (C=O) groups excluding carboxylic acids is 1. The summed E-state index contributed by atoms with van der Waals surface area (Å²) in [5.74, 6) is -0.323. The van der Waals surface area contributed by atoms with Gasteiger partial charge in [-0.25, -0.2) is 10.2 Å². The summed E-state index contributed by atoms with van der Waals surface area (Å²) in [6, 6.07) is 26.2. The quantitative estimate of drug-likeness (QED) is 0.199. The van der Waals surface area contributed by atoms with E-state index in [4.69, 9.17) is 9.84 Å². The highest BCUT2D eigenvalue weighted by molar-refractivity contribution is 7.99. The Bertz CT molecular complexity index is 1330. The second kappa shape index (κ2) is 11.6. The Morgan fingerprint density at radius 1 is 0.971 bits per heavy atom. The number of nitrogens with one attached hydrogen (secondary N) is 1. The van der Waals surface area contributed by atoms with Crippen LogP contribution in [-0.2, 0) is 9.59 Å². The Hall–Kier alpha value is -4.44. The van der Waals surface area contributed by atoms with Crippen molar-refractivity contribution in [1.29, 1.82) is 0 Å². The molecular formula is C25H21N5O4S. The van der Waals surface area contributed by atoms with Crippen LogP contribution in [0.3, 0.4) is 0 Å². The highest BCUT2D eigenvalue weighted by Gasteiger charge is 2.17. The Morgan fingerprint density at radius 2 is 1.66 bits per heavy atom. The Morgan fingerprint density at radius 3 is 2.40 bits per heavy atom. The normalized spacial score (nSPS) is 10.9. The van der Waals surface area contributed by atoms with Crippen LogP contribution in [0.2, 0.25) is 0 Å². The van der Waals surface area contributed by atoms with Gasteiger partial charge in [0.05, 0.1) is 12.0 Å². The molecule has 10 heteroatoms. The van der Waals surface area contributed by atoms with E-state index in [1.165, 1.54) is 18.0 Å². The number of carboxylic acid groups (broad SMARTS) is 1. The van der Waals surface area contributed by atoms with E-state index in [1.54, 1.807) is 24.3 Å². The van der Waals surface area contributed by atoms with Crippen LogP contribution in [0.25, 0.3) is 17.1 Å². The van der Waals surface area contributed by atoms with E-state index in [1.807, 2.05) is 65.2 Å². The minimum Gasteiger partial charge on any atom is -0.481 e. The van der Waals surface area contributed by atoms with Crippen LogP contribution in [0.4, 0.5) is 0 Å². The summed E-state index contributed by atoms with van der Waals surface area (Å²) >= 11 is 1.24. The second-order valence-electron chi connectivity index (χ2n) is 7.15. The average Bonchev–Trinajstić information content (AvgIpc) is 3.32. The first-order chi connectivity index (χ1) is 17.1. The van der Waals surface area contributed by atoms with Gasteiger partial charge in [-0.15, -0.1) is 10.2 Å². The van der Waals surface area contributed by atoms with Gasteiger partial charge in [-0.05, 0) is 24.3 Å². The van der Waals surface area contributed by atoms with Crippen LogP contribution in [-0.4, -0.2) is 50.3 Å². The number of hydrazone groups is 1. The Labute approximate surface area is 205 Å². The molecule has 0 spiro atoms. The minimum absolute atomic E-state index is 0.0637. The first-order valence-electron chi connectivity index (χ1n) is 10.6. The van der Waals surface area contributed by atoms with Crippen LogP contribution >= 0.6 is 11.8 Å². The molecule has 0 radical (unpaired) electrons. The van der Waals surface area contributed by atoms with Crippen LogP contribution in [0.15, 0.2) is 95.2 Å². The number of benzene rings is 3. The molecular weight excluding hydrogens is 466 g/mol. The van der Waals surface area contributed by atoms with Crippen LogP contribution in [0.5, 0.6) is 5.75 Å². The number of ether oxygens (including phenoxy) is 1. The molecule has 0 unspecified atom stereocenters. The van der Waals surface area contributed by atoms with E-state index >= 15 is 0 Å². The van der Waals surface area contributed by atoms with Crippen molar-refractivity contribution in [2.45, 2.75) is 5.16 Å². The van der Waals surface area contributed by atoms with Gasteiger partial charge in [0.25, 0.3) is 5.91 Å². The van der Waals surface area contributed by atoms with Gasteiger partial charge in [-0.3, -0.25) is 9.36 Å². The van der Waals surface area contributed by atoms with Gasteiger partial charge in [-0.1, -0.05) is 72.4 Å². The monoisotopic (exact) mass is 487 g/mol. The molecule has 0 aliphatic rings. The lowest BCUT2D eigenvalue weighted by Crippen LogP contribution is -2.20. The number of nitrogens with zero attached hydrogens (tertiary/aromatic N) is 4. The summed E-state index contributed by atoms with van der Waals surface area (Å²) in [4.78, 5) is 23.2. The molecule has 2 N–H and O–H groups in total. The van der Waals surface area contributed by atoms with Gasteiger partial charge in [0, 0.05) is 16.8 Å². The fourth-order valence-corrected chi connectivity index (χ4v) is 3.89. The van der Waals surface area contributed by atoms with Gasteiger partial charge in [0.2, 0.25) is 0 Å². The van der Waals surface area contributed by atoms with Crippen molar-refractivity contribution in [1.82, 2.24) is 20.2 Å². The van der Waals surface area contributed by atoms with Crippen LogP contribution in [0, 0.1) is 0 Å². The van der Waals surface area contributed by atoms with E-state index in [9.17, 15) is 9.59 Å². The predicted molar refractivity (Wildman–Crippen MR) is 133 cm³/mol. The van der Waals surface area contributed by atoms with Crippen LogP contribution in [0.1, 0.15) is 5.56 Å². The molecule has 1 heterocycles. The largest absolute Gasteiger partial charge is 0.481 e. The first-order valence-corrected chi connectivity index (χ1v) is 11.5. The first kappa shape index (κ1) is 23.7. The molecule has 1 aromatic heterocycles. The maximum absolute atomic E-state index is 12.4. The number of hydrogen-bond acceptors (Lipinski definition) is 7. The van der Waals surface area contributed by atoms with Gasteiger partial charge >= 0.3 is 5.97 Å². The maximum Gasteiger partial charge on any atom is 0.341 e.